The molecule has 2 fully saturated rings. The first-order valence-electron chi connectivity index (χ1n) is 30.4. The SMILES string of the molecule is CCCCCCC(C)(C)C(=O)OCCC(CN1CC1)OC(=O)NCCCCCCn1c(=O)n(CCCCCCNC(=O)OCCOC)c(=O)n(CCCCCCNC(=O)OC(COC(=O)C(C)(C)CCCCCC)CN2CC2)c1=O. The van der Waals surface area contributed by atoms with Crippen LogP contribution < -0.4 is 33.0 Å². The molecule has 2 unspecified atom stereocenters. The van der Waals surface area contributed by atoms with Gasteiger partial charge in [-0.15, -0.1) is 0 Å². The van der Waals surface area contributed by atoms with Gasteiger partial charge in [0.25, 0.3) is 0 Å². The number of aromatic nitrogens is 3. The Morgan fingerprint density at radius 1 is 0.463 bits per heavy atom. The van der Waals surface area contributed by atoms with Gasteiger partial charge < -0.3 is 44.4 Å². The zero-order valence-electron chi connectivity index (χ0n) is 50.2. The average Bonchev–Trinajstić information content (AvgIpc) is 4.39. The average molecular weight is 1140 g/mol. The first-order chi connectivity index (χ1) is 38.4. The van der Waals surface area contributed by atoms with Crippen molar-refractivity contribution in [3.8, 4) is 0 Å². The summed E-state index contributed by atoms with van der Waals surface area (Å²) in [6, 6.07) is 0. The van der Waals surface area contributed by atoms with Gasteiger partial charge in [0, 0.05) is 92.1 Å². The molecule has 3 rings (SSSR count). The molecule has 80 heavy (non-hydrogen) atoms. The number of carbonyl (C=O) groups is 5. The largest absolute Gasteiger partial charge is 0.465 e. The molecule has 0 radical (unpaired) electrons. The van der Waals surface area contributed by atoms with E-state index >= 15 is 0 Å². The Kier molecular flexibility index (Phi) is 34.2. The van der Waals surface area contributed by atoms with Crippen molar-refractivity contribution in [2.45, 2.75) is 221 Å². The third-order valence-electron chi connectivity index (χ3n) is 14.7. The Hall–Kier alpha value is -4.96. The van der Waals surface area contributed by atoms with Gasteiger partial charge in [-0.25, -0.2) is 42.5 Å². The van der Waals surface area contributed by atoms with Crippen LogP contribution >= 0.6 is 0 Å². The summed E-state index contributed by atoms with van der Waals surface area (Å²) >= 11 is 0. The Morgan fingerprint density at radius 2 is 0.850 bits per heavy atom. The van der Waals surface area contributed by atoms with Gasteiger partial charge in [0.05, 0.1) is 24.0 Å². The molecule has 0 saturated carbocycles. The molecule has 0 aromatic carbocycles. The number of alkyl carbamates (subject to hydrolysis) is 3. The highest BCUT2D eigenvalue weighted by Gasteiger charge is 2.33. The molecule has 2 saturated heterocycles. The van der Waals surface area contributed by atoms with Crippen molar-refractivity contribution in [1.29, 1.82) is 0 Å². The van der Waals surface area contributed by atoms with Crippen molar-refractivity contribution in [2.75, 3.05) is 92.4 Å². The van der Waals surface area contributed by atoms with Crippen LogP contribution in [0.2, 0.25) is 0 Å². The number of hydrogen-bond acceptors (Lipinski definition) is 16. The van der Waals surface area contributed by atoms with Crippen molar-refractivity contribution in [3.05, 3.63) is 31.5 Å². The fourth-order valence-electron chi connectivity index (χ4n) is 9.16. The predicted molar refractivity (Wildman–Crippen MR) is 307 cm³/mol. The summed E-state index contributed by atoms with van der Waals surface area (Å²) in [6.45, 7) is 18.8. The van der Waals surface area contributed by atoms with Gasteiger partial charge in [-0.3, -0.25) is 19.4 Å². The summed E-state index contributed by atoms with van der Waals surface area (Å²) in [5, 5.41) is 8.33. The number of methoxy groups -OCH3 is 1. The number of unbranched alkanes of at least 4 members (excludes halogenated alkanes) is 15. The van der Waals surface area contributed by atoms with E-state index in [-0.39, 0.29) is 51.4 Å². The monoisotopic (exact) mass is 1140 g/mol. The third kappa shape index (κ3) is 29.7. The molecule has 0 spiro atoms. The summed E-state index contributed by atoms with van der Waals surface area (Å²) in [7, 11) is 1.52. The molecule has 1 aromatic rings. The second-order valence-corrected chi connectivity index (χ2v) is 23.0. The van der Waals surface area contributed by atoms with E-state index in [1.54, 1.807) is 0 Å². The number of nitrogens with zero attached hydrogens (tertiary/aromatic N) is 5. The Balaban J connectivity index is 1.48. The maximum absolute atomic E-state index is 13.8. The van der Waals surface area contributed by atoms with Crippen molar-refractivity contribution >= 4 is 30.2 Å². The topological polar surface area (TPSA) is 249 Å². The Bertz CT molecular complexity index is 2140. The lowest BCUT2D eigenvalue weighted by Gasteiger charge is -2.25. The summed E-state index contributed by atoms with van der Waals surface area (Å²) in [5.74, 6) is -0.528. The van der Waals surface area contributed by atoms with Crippen LogP contribution in [0.15, 0.2) is 14.4 Å². The number of amides is 3. The van der Waals surface area contributed by atoms with E-state index in [9.17, 15) is 38.4 Å². The lowest BCUT2D eigenvalue weighted by molar-refractivity contribution is -0.157. The van der Waals surface area contributed by atoms with Crippen molar-refractivity contribution in [1.82, 2.24) is 39.5 Å². The molecule has 22 heteroatoms. The van der Waals surface area contributed by atoms with Crippen LogP contribution in [0.5, 0.6) is 0 Å². The molecule has 3 N–H and O–H groups in total. The standard InChI is InChI=1S/C58H104N8O14/c1-8-10-12-20-29-57(3,4)49(67)76-41-28-47(44-62-37-38-62)79-52(70)60-32-23-15-18-26-35-65-54(72)64(34-25-17-14-22-31-59-51(69)77-43-42-75-7)55(73)66(56(65)74)36-27-19-16-24-33-61-53(71)80-48(45-63-39-40-63)46-78-50(68)58(5,6)30-21-13-11-9-2/h47-48H,8-46H2,1-7H3,(H,59,69)(H,60,70)(H,61,71). The van der Waals surface area contributed by atoms with E-state index in [0.29, 0.717) is 116 Å². The minimum Gasteiger partial charge on any atom is -0.465 e. The smallest absolute Gasteiger partial charge is 0.407 e. The summed E-state index contributed by atoms with van der Waals surface area (Å²) < 4.78 is 36.1. The zero-order chi connectivity index (χ0) is 58.6. The molecule has 2 aliphatic rings. The van der Waals surface area contributed by atoms with E-state index in [2.05, 4.69) is 39.6 Å². The minimum absolute atomic E-state index is 0.0112. The van der Waals surface area contributed by atoms with Crippen molar-refractivity contribution in [2.24, 2.45) is 10.8 Å². The summed E-state index contributed by atoms with van der Waals surface area (Å²) in [6.07, 6.45) is 15.5. The number of carbonyl (C=O) groups excluding carboxylic acids is 5. The van der Waals surface area contributed by atoms with Crippen LogP contribution in [-0.2, 0) is 57.6 Å². The van der Waals surface area contributed by atoms with E-state index in [1.807, 2.05) is 27.7 Å². The van der Waals surface area contributed by atoms with E-state index < -0.39 is 58.4 Å². The fraction of sp³-hybridized carbons (Fsp3) is 0.862. The van der Waals surface area contributed by atoms with Crippen molar-refractivity contribution < 1.29 is 52.4 Å². The van der Waals surface area contributed by atoms with Gasteiger partial charge in [-0.05, 0) is 79.1 Å². The van der Waals surface area contributed by atoms with Gasteiger partial charge >= 0.3 is 47.3 Å². The lowest BCUT2D eigenvalue weighted by atomic mass is 9.87. The second kappa shape index (κ2) is 39.5. The van der Waals surface area contributed by atoms with Gasteiger partial charge in [0.2, 0.25) is 0 Å². The molecule has 3 amide bonds. The van der Waals surface area contributed by atoms with Crippen LogP contribution in [0.3, 0.4) is 0 Å². The lowest BCUT2D eigenvalue weighted by Crippen LogP contribution is -2.54. The number of ether oxygens (including phenoxy) is 6. The van der Waals surface area contributed by atoms with E-state index in [1.165, 1.54) is 7.11 Å². The molecular weight excluding hydrogens is 1030 g/mol. The molecule has 0 aliphatic carbocycles. The Morgan fingerprint density at radius 3 is 1.27 bits per heavy atom. The van der Waals surface area contributed by atoms with Gasteiger partial charge in [0.15, 0.2) is 6.10 Å². The highest BCUT2D eigenvalue weighted by atomic mass is 16.6. The molecule has 22 nitrogen and oxygen atoms in total. The first-order valence-corrected chi connectivity index (χ1v) is 30.4. The van der Waals surface area contributed by atoms with Gasteiger partial charge in [-0.2, -0.15) is 0 Å². The molecular formula is C58H104N8O14. The molecule has 3 heterocycles. The first kappa shape index (κ1) is 69.3. The van der Waals surface area contributed by atoms with Crippen LogP contribution in [-0.4, -0.2) is 158 Å². The third-order valence-corrected chi connectivity index (χ3v) is 14.7. The molecule has 2 aliphatic heterocycles. The molecule has 1 aromatic heterocycles. The van der Waals surface area contributed by atoms with Gasteiger partial charge in [-0.1, -0.05) is 104 Å². The highest BCUT2D eigenvalue weighted by Crippen LogP contribution is 2.27. The Labute approximate surface area is 476 Å². The summed E-state index contributed by atoms with van der Waals surface area (Å²) in [5.41, 5.74) is -3.13. The van der Waals surface area contributed by atoms with Crippen molar-refractivity contribution in [3.63, 3.8) is 0 Å². The quantitative estimate of drug-likeness (QED) is 0.0247. The predicted octanol–water partition coefficient (Wildman–Crippen LogP) is 7.52. The second-order valence-electron chi connectivity index (χ2n) is 23.0. The molecule has 0 bridgehead atoms. The maximum Gasteiger partial charge on any atom is 0.407 e. The van der Waals surface area contributed by atoms with Crippen LogP contribution in [0, 0.1) is 10.8 Å². The number of hydrogen-bond donors (Lipinski definition) is 3. The maximum atomic E-state index is 13.8. The molecule has 460 valence electrons. The highest BCUT2D eigenvalue weighted by molar-refractivity contribution is 5.76. The van der Waals surface area contributed by atoms with E-state index in [0.717, 1.165) is 111 Å². The van der Waals surface area contributed by atoms with Gasteiger partial charge in [0.1, 0.15) is 19.3 Å². The number of esters is 2. The van der Waals surface area contributed by atoms with E-state index in [4.69, 9.17) is 28.4 Å². The summed E-state index contributed by atoms with van der Waals surface area (Å²) in [4.78, 5) is 109. The fourth-order valence-corrected chi connectivity index (χ4v) is 9.16. The number of nitrogens with one attached hydrogen (secondary N) is 3. The van der Waals surface area contributed by atoms with Crippen LogP contribution in [0.4, 0.5) is 14.4 Å². The van der Waals surface area contributed by atoms with Crippen LogP contribution in [0.25, 0.3) is 0 Å². The zero-order valence-corrected chi connectivity index (χ0v) is 50.2. The minimum atomic E-state index is -0.648. The molecule has 2 atom stereocenters. The van der Waals surface area contributed by atoms with Crippen LogP contribution in [0.1, 0.15) is 189 Å². The normalized spacial score (nSPS) is 14.2. The number of rotatable bonds is 47.